The van der Waals surface area contributed by atoms with E-state index < -0.39 is 6.03 Å². The number of rotatable bonds is 7. The highest BCUT2D eigenvalue weighted by Gasteiger charge is 2.22. The SMILES string of the molecule is Cc1ccc(CCC2CCN(C(=O)CNC(=O)NCc3ccc(F)cc3)CC2)cc1. The molecule has 0 bridgehead atoms. The summed E-state index contributed by atoms with van der Waals surface area (Å²) < 4.78 is 12.9. The van der Waals surface area contributed by atoms with E-state index in [4.69, 9.17) is 0 Å². The molecule has 1 aliphatic rings. The van der Waals surface area contributed by atoms with Gasteiger partial charge >= 0.3 is 6.03 Å². The smallest absolute Gasteiger partial charge is 0.315 e. The molecule has 2 N–H and O–H groups in total. The molecule has 1 aliphatic heterocycles. The summed E-state index contributed by atoms with van der Waals surface area (Å²) >= 11 is 0. The molecule has 0 atom stereocenters. The van der Waals surface area contributed by atoms with Gasteiger partial charge in [0.1, 0.15) is 5.82 Å². The van der Waals surface area contributed by atoms with Crippen LogP contribution in [0.15, 0.2) is 48.5 Å². The number of hydrogen-bond acceptors (Lipinski definition) is 2. The molecule has 0 spiro atoms. The predicted octanol–water partition coefficient (Wildman–Crippen LogP) is 3.80. The van der Waals surface area contributed by atoms with Gasteiger partial charge in [0.2, 0.25) is 5.91 Å². The second-order valence-corrected chi connectivity index (χ2v) is 8.01. The van der Waals surface area contributed by atoms with Crippen LogP contribution in [0.25, 0.3) is 0 Å². The van der Waals surface area contributed by atoms with Crippen LogP contribution in [0.3, 0.4) is 0 Å². The number of likely N-dealkylation sites (tertiary alicyclic amines) is 1. The van der Waals surface area contributed by atoms with Crippen LogP contribution in [0, 0.1) is 18.7 Å². The van der Waals surface area contributed by atoms with Crippen molar-refractivity contribution in [2.24, 2.45) is 5.92 Å². The molecule has 160 valence electrons. The predicted molar refractivity (Wildman–Crippen MR) is 115 cm³/mol. The van der Waals surface area contributed by atoms with Gasteiger partial charge in [0.25, 0.3) is 0 Å². The largest absolute Gasteiger partial charge is 0.341 e. The molecule has 0 radical (unpaired) electrons. The molecule has 1 fully saturated rings. The fraction of sp³-hybridized carbons (Fsp3) is 0.417. The number of nitrogens with zero attached hydrogens (tertiary/aromatic N) is 1. The summed E-state index contributed by atoms with van der Waals surface area (Å²) in [7, 11) is 0. The van der Waals surface area contributed by atoms with E-state index in [9.17, 15) is 14.0 Å². The lowest BCUT2D eigenvalue weighted by Crippen LogP contribution is -2.46. The number of amides is 3. The Morgan fingerprint density at radius 1 is 0.967 bits per heavy atom. The van der Waals surface area contributed by atoms with E-state index in [1.807, 2.05) is 4.90 Å². The summed E-state index contributed by atoms with van der Waals surface area (Å²) in [4.78, 5) is 26.1. The molecule has 0 unspecified atom stereocenters. The first kappa shape index (κ1) is 21.8. The van der Waals surface area contributed by atoms with Crippen LogP contribution in [0.1, 0.15) is 36.0 Å². The molecule has 2 aromatic carbocycles. The van der Waals surface area contributed by atoms with E-state index in [2.05, 4.69) is 41.8 Å². The van der Waals surface area contributed by atoms with Crippen molar-refractivity contribution in [3.8, 4) is 0 Å². The molecular formula is C24H30FN3O2. The van der Waals surface area contributed by atoms with Crippen LogP contribution in [0.2, 0.25) is 0 Å². The van der Waals surface area contributed by atoms with Crippen molar-refractivity contribution in [2.45, 2.75) is 39.2 Å². The summed E-state index contributed by atoms with van der Waals surface area (Å²) in [5.41, 5.74) is 3.45. The number of hydrogen-bond donors (Lipinski definition) is 2. The van der Waals surface area contributed by atoms with E-state index in [-0.39, 0.29) is 24.8 Å². The first-order valence-electron chi connectivity index (χ1n) is 10.6. The quantitative estimate of drug-likeness (QED) is 0.728. The van der Waals surface area contributed by atoms with Gasteiger partial charge in [0.05, 0.1) is 6.54 Å². The van der Waals surface area contributed by atoms with Crippen LogP contribution in [0.4, 0.5) is 9.18 Å². The minimum absolute atomic E-state index is 0.0106. The molecule has 5 nitrogen and oxygen atoms in total. The molecule has 2 aromatic rings. The zero-order chi connectivity index (χ0) is 21.3. The van der Waals surface area contributed by atoms with E-state index in [0.29, 0.717) is 5.92 Å². The number of piperidine rings is 1. The van der Waals surface area contributed by atoms with Gasteiger partial charge in [-0.2, -0.15) is 0 Å². The Labute approximate surface area is 177 Å². The summed E-state index contributed by atoms with van der Waals surface area (Å²) in [5, 5.41) is 5.28. The van der Waals surface area contributed by atoms with Gasteiger partial charge in [0, 0.05) is 19.6 Å². The first-order chi connectivity index (χ1) is 14.5. The topological polar surface area (TPSA) is 61.4 Å². The minimum Gasteiger partial charge on any atom is -0.341 e. The Hall–Kier alpha value is -2.89. The average molecular weight is 412 g/mol. The van der Waals surface area contributed by atoms with E-state index in [1.54, 1.807) is 12.1 Å². The van der Waals surface area contributed by atoms with Crippen molar-refractivity contribution in [1.82, 2.24) is 15.5 Å². The Morgan fingerprint density at radius 2 is 1.60 bits per heavy atom. The highest BCUT2D eigenvalue weighted by Crippen LogP contribution is 2.22. The third-order valence-corrected chi connectivity index (χ3v) is 5.70. The second kappa shape index (κ2) is 10.8. The third kappa shape index (κ3) is 6.87. The normalized spacial score (nSPS) is 14.4. The van der Waals surface area contributed by atoms with E-state index in [1.165, 1.54) is 23.3 Å². The highest BCUT2D eigenvalue weighted by molar-refractivity contribution is 5.84. The number of benzene rings is 2. The molecule has 0 aliphatic carbocycles. The Morgan fingerprint density at radius 3 is 2.27 bits per heavy atom. The van der Waals surface area contributed by atoms with Gasteiger partial charge < -0.3 is 15.5 Å². The van der Waals surface area contributed by atoms with Gasteiger partial charge in [-0.25, -0.2) is 9.18 Å². The maximum atomic E-state index is 12.9. The number of nitrogens with one attached hydrogen (secondary N) is 2. The maximum absolute atomic E-state index is 12.9. The molecule has 6 heteroatoms. The molecule has 3 rings (SSSR count). The monoisotopic (exact) mass is 411 g/mol. The number of urea groups is 1. The Bertz CT molecular complexity index is 829. The lowest BCUT2D eigenvalue weighted by atomic mass is 9.90. The summed E-state index contributed by atoms with van der Waals surface area (Å²) in [6.45, 7) is 3.86. The van der Waals surface area contributed by atoms with Crippen LogP contribution in [-0.4, -0.2) is 36.5 Å². The van der Waals surface area contributed by atoms with Gasteiger partial charge in [-0.15, -0.1) is 0 Å². The van der Waals surface area contributed by atoms with Crippen molar-refractivity contribution < 1.29 is 14.0 Å². The molecule has 1 heterocycles. The molecule has 3 amide bonds. The molecule has 0 saturated carbocycles. The van der Waals surface area contributed by atoms with Crippen LogP contribution >= 0.6 is 0 Å². The van der Waals surface area contributed by atoms with Gasteiger partial charge in [-0.05, 0) is 61.8 Å². The third-order valence-electron chi connectivity index (χ3n) is 5.70. The van der Waals surface area contributed by atoms with Crippen LogP contribution < -0.4 is 10.6 Å². The number of aryl methyl sites for hydroxylation is 2. The van der Waals surface area contributed by atoms with Gasteiger partial charge in [0.15, 0.2) is 0 Å². The van der Waals surface area contributed by atoms with Crippen molar-refractivity contribution in [3.63, 3.8) is 0 Å². The van der Waals surface area contributed by atoms with Crippen molar-refractivity contribution in [3.05, 3.63) is 71.0 Å². The summed E-state index contributed by atoms with van der Waals surface area (Å²) in [6, 6.07) is 14.2. The van der Waals surface area contributed by atoms with Crippen LogP contribution in [0.5, 0.6) is 0 Å². The van der Waals surface area contributed by atoms with Crippen LogP contribution in [-0.2, 0) is 17.8 Å². The lowest BCUT2D eigenvalue weighted by molar-refractivity contribution is -0.131. The van der Waals surface area contributed by atoms with E-state index in [0.717, 1.165) is 44.3 Å². The second-order valence-electron chi connectivity index (χ2n) is 8.01. The van der Waals surface area contributed by atoms with Gasteiger partial charge in [-0.1, -0.05) is 42.0 Å². The summed E-state index contributed by atoms with van der Waals surface area (Å²) in [6.07, 6.45) is 4.24. The van der Waals surface area contributed by atoms with Crippen molar-refractivity contribution in [2.75, 3.05) is 19.6 Å². The molecule has 30 heavy (non-hydrogen) atoms. The fourth-order valence-corrected chi connectivity index (χ4v) is 3.71. The van der Waals surface area contributed by atoms with Gasteiger partial charge in [-0.3, -0.25) is 4.79 Å². The fourth-order valence-electron chi connectivity index (χ4n) is 3.71. The standard InChI is InChI=1S/C24H30FN3O2/c1-18-2-4-19(5-3-18)6-7-20-12-14-28(15-13-20)23(29)17-27-24(30)26-16-21-8-10-22(25)11-9-21/h2-5,8-11,20H,6-7,12-17H2,1H3,(H2,26,27,30). The zero-order valence-electron chi connectivity index (χ0n) is 17.5. The van der Waals surface area contributed by atoms with E-state index >= 15 is 0 Å². The maximum Gasteiger partial charge on any atom is 0.315 e. The first-order valence-corrected chi connectivity index (χ1v) is 10.6. The minimum atomic E-state index is -0.402. The number of halogens is 1. The molecule has 1 saturated heterocycles. The van der Waals surface area contributed by atoms with Crippen molar-refractivity contribution in [1.29, 1.82) is 0 Å². The zero-order valence-corrected chi connectivity index (χ0v) is 17.5. The molecule has 0 aromatic heterocycles. The summed E-state index contributed by atoms with van der Waals surface area (Å²) in [5.74, 6) is 0.277. The number of carbonyl (C=O) groups is 2. The Balaban J connectivity index is 1.31. The molecular weight excluding hydrogens is 381 g/mol. The lowest BCUT2D eigenvalue weighted by Gasteiger charge is -2.32. The van der Waals surface area contributed by atoms with Crippen molar-refractivity contribution >= 4 is 11.9 Å². The average Bonchev–Trinajstić information content (AvgIpc) is 2.77. The number of carbonyl (C=O) groups excluding carboxylic acids is 2. The Kier molecular flexibility index (Phi) is 7.82. The highest BCUT2D eigenvalue weighted by atomic mass is 19.1.